The monoisotopic (exact) mass is 284 g/mol. The quantitative estimate of drug-likeness (QED) is 0.847. The highest BCUT2D eigenvalue weighted by atomic mass is 16.6. The fraction of sp³-hybridized carbons (Fsp3) is 0.294. The summed E-state index contributed by atoms with van der Waals surface area (Å²) in [6.45, 7) is 5.34. The van der Waals surface area contributed by atoms with Gasteiger partial charge in [-0.25, -0.2) is 0 Å². The minimum Gasteiger partial charge on any atom is -0.486 e. The summed E-state index contributed by atoms with van der Waals surface area (Å²) in [6, 6.07) is 12.4. The number of ether oxygens (including phenoxy) is 2. The zero-order chi connectivity index (χ0) is 14.8. The van der Waals surface area contributed by atoms with Crippen molar-refractivity contribution in [1.29, 1.82) is 0 Å². The number of aryl methyl sites for hydroxylation is 1. The molecule has 0 fully saturated rings. The normalized spacial score (nSPS) is 14.6. The van der Waals surface area contributed by atoms with E-state index in [4.69, 9.17) is 15.2 Å². The van der Waals surface area contributed by atoms with E-state index in [1.165, 1.54) is 11.1 Å². The molecule has 0 spiro atoms. The zero-order valence-electron chi connectivity index (χ0n) is 12.3. The highest BCUT2D eigenvalue weighted by Crippen LogP contribution is 2.38. The molecule has 0 saturated carbocycles. The van der Waals surface area contributed by atoms with E-state index < -0.39 is 0 Å². The summed E-state index contributed by atoms with van der Waals surface area (Å²) in [7, 11) is 0. The van der Waals surface area contributed by atoms with Crippen molar-refractivity contribution >= 4 is 11.4 Å². The standard InChI is InChI=1S/C17H20N2O2/c1-11-3-5-13(6-4-11)12(2)19-15-10-17-16(9-14(15)18)20-7-8-21-17/h3-6,9-10,12,19H,7-8,18H2,1-2H3. The molecule has 0 radical (unpaired) electrons. The summed E-state index contributed by atoms with van der Waals surface area (Å²) in [6.07, 6.45) is 0. The third-order valence-corrected chi connectivity index (χ3v) is 3.66. The third-order valence-electron chi connectivity index (χ3n) is 3.66. The molecule has 1 aliphatic rings. The number of anilines is 2. The van der Waals surface area contributed by atoms with E-state index in [0.29, 0.717) is 24.7 Å². The Bertz CT molecular complexity index is 638. The van der Waals surface area contributed by atoms with Crippen molar-refractivity contribution < 1.29 is 9.47 Å². The number of hydrogen-bond acceptors (Lipinski definition) is 4. The van der Waals surface area contributed by atoms with Crippen LogP contribution in [0, 0.1) is 6.92 Å². The van der Waals surface area contributed by atoms with Crippen molar-refractivity contribution in [1.82, 2.24) is 0 Å². The van der Waals surface area contributed by atoms with Gasteiger partial charge in [0.05, 0.1) is 11.4 Å². The number of nitrogens with one attached hydrogen (secondary N) is 1. The first kappa shape index (κ1) is 13.6. The summed E-state index contributed by atoms with van der Waals surface area (Å²) in [4.78, 5) is 0. The average molecular weight is 284 g/mol. The lowest BCUT2D eigenvalue weighted by atomic mass is 10.1. The summed E-state index contributed by atoms with van der Waals surface area (Å²) in [5, 5.41) is 3.44. The van der Waals surface area contributed by atoms with E-state index in [9.17, 15) is 0 Å². The van der Waals surface area contributed by atoms with Gasteiger partial charge in [-0.1, -0.05) is 29.8 Å². The van der Waals surface area contributed by atoms with Crippen LogP contribution < -0.4 is 20.5 Å². The molecule has 0 saturated heterocycles. The maximum atomic E-state index is 6.10. The van der Waals surface area contributed by atoms with Crippen LogP contribution in [0.5, 0.6) is 11.5 Å². The molecule has 1 aliphatic heterocycles. The number of nitrogens with two attached hydrogens (primary N) is 1. The fourth-order valence-electron chi connectivity index (χ4n) is 2.40. The predicted molar refractivity (Wildman–Crippen MR) is 85.1 cm³/mol. The maximum Gasteiger partial charge on any atom is 0.163 e. The Morgan fingerprint density at radius 3 is 2.33 bits per heavy atom. The van der Waals surface area contributed by atoms with Crippen LogP contribution in [-0.2, 0) is 0 Å². The Morgan fingerprint density at radius 2 is 1.67 bits per heavy atom. The van der Waals surface area contributed by atoms with Crippen LogP contribution in [0.15, 0.2) is 36.4 Å². The smallest absolute Gasteiger partial charge is 0.163 e. The highest BCUT2D eigenvalue weighted by Gasteiger charge is 2.16. The summed E-state index contributed by atoms with van der Waals surface area (Å²) in [5.74, 6) is 1.46. The number of fused-ring (bicyclic) bond motifs is 1. The number of rotatable bonds is 3. The van der Waals surface area contributed by atoms with Gasteiger partial charge in [-0.3, -0.25) is 0 Å². The first-order chi connectivity index (χ1) is 10.1. The molecule has 21 heavy (non-hydrogen) atoms. The number of benzene rings is 2. The van der Waals surface area contributed by atoms with Crippen LogP contribution in [0.2, 0.25) is 0 Å². The van der Waals surface area contributed by atoms with E-state index in [1.807, 2.05) is 12.1 Å². The molecule has 1 unspecified atom stereocenters. The van der Waals surface area contributed by atoms with Crippen LogP contribution >= 0.6 is 0 Å². The molecular formula is C17H20N2O2. The molecule has 0 bridgehead atoms. The van der Waals surface area contributed by atoms with Crippen molar-refractivity contribution in [3.8, 4) is 11.5 Å². The van der Waals surface area contributed by atoms with Gasteiger partial charge in [-0.15, -0.1) is 0 Å². The second kappa shape index (κ2) is 5.56. The van der Waals surface area contributed by atoms with Crippen LogP contribution in [0.3, 0.4) is 0 Å². The van der Waals surface area contributed by atoms with E-state index in [1.54, 1.807) is 0 Å². The van der Waals surface area contributed by atoms with Gasteiger partial charge >= 0.3 is 0 Å². The lowest BCUT2D eigenvalue weighted by molar-refractivity contribution is 0.172. The molecule has 0 aliphatic carbocycles. The zero-order valence-corrected chi connectivity index (χ0v) is 12.3. The first-order valence-corrected chi connectivity index (χ1v) is 7.16. The Labute approximate surface area is 124 Å². The van der Waals surface area contributed by atoms with Gasteiger partial charge in [0.15, 0.2) is 11.5 Å². The van der Waals surface area contributed by atoms with Crippen molar-refractivity contribution in [2.75, 3.05) is 24.3 Å². The Hall–Kier alpha value is -2.36. The molecule has 1 atom stereocenters. The highest BCUT2D eigenvalue weighted by molar-refractivity contribution is 5.72. The van der Waals surface area contributed by atoms with E-state index in [-0.39, 0.29) is 6.04 Å². The Balaban J connectivity index is 1.82. The molecule has 110 valence electrons. The van der Waals surface area contributed by atoms with Gasteiger partial charge in [0.25, 0.3) is 0 Å². The molecule has 0 aromatic heterocycles. The first-order valence-electron chi connectivity index (χ1n) is 7.16. The molecular weight excluding hydrogens is 264 g/mol. The number of nitrogen functional groups attached to an aromatic ring is 1. The second-order valence-electron chi connectivity index (χ2n) is 5.36. The summed E-state index contributed by atoms with van der Waals surface area (Å²) in [5.41, 5.74) is 10.1. The van der Waals surface area contributed by atoms with Crippen LogP contribution in [0.1, 0.15) is 24.1 Å². The van der Waals surface area contributed by atoms with Crippen molar-refractivity contribution in [3.05, 3.63) is 47.5 Å². The van der Waals surface area contributed by atoms with Crippen molar-refractivity contribution in [3.63, 3.8) is 0 Å². The van der Waals surface area contributed by atoms with Gasteiger partial charge in [0.1, 0.15) is 13.2 Å². The topological polar surface area (TPSA) is 56.5 Å². The van der Waals surface area contributed by atoms with Gasteiger partial charge < -0.3 is 20.5 Å². The molecule has 3 N–H and O–H groups in total. The molecule has 0 amide bonds. The molecule has 1 heterocycles. The minimum absolute atomic E-state index is 0.162. The van der Waals surface area contributed by atoms with Crippen LogP contribution in [-0.4, -0.2) is 13.2 Å². The SMILES string of the molecule is Cc1ccc(C(C)Nc2cc3c(cc2N)OCCO3)cc1. The van der Waals surface area contributed by atoms with E-state index in [2.05, 4.69) is 43.4 Å². The molecule has 3 rings (SSSR count). The molecule has 4 nitrogen and oxygen atoms in total. The van der Waals surface area contributed by atoms with E-state index >= 15 is 0 Å². The third kappa shape index (κ3) is 2.89. The largest absolute Gasteiger partial charge is 0.486 e. The molecule has 4 heteroatoms. The number of hydrogen-bond donors (Lipinski definition) is 2. The fourth-order valence-corrected chi connectivity index (χ4v) is 2.40. The van der Waals surface area contributed by atoms with Gasteiger partial charge in [-0.2, -0.15) is 0 Å². The van der Waals surface area contributed by atoms with Crippen molar-refractivity contribution in [2.45, 2.75) is 19.9 Å². The summed E-state index contributed by atoms with van der Waals surface area (Å²) >= 11 is 0. The molecule has 2 aromatic carbocycles. The predicted octanol–water partition coefficient (Wildman–Crippen LogP) is 3.52. The minimum atomic E-state index is 0.162. The van der Waals surface area contributed by atoms with Crippen LogP contribution in [0.4, 0.5) is 11.4 Å². The summed E-state index contributed by atoms with van der Waals surface area (Å²) < 4.78 is 11.1. The maximum absolute atomic E-state index is 6.10. The van der Waals surface area contributed by atoms with Crippen LogP contribution in [0.25, 0.3) is 0 Å². The lowest BCUT2D eigenvalue weighted by Gasteiger charge is -2.22. The molecule has 2 aromatic rings. The average Bonchev–Trinajstić information content (AvgIpc) is 2.48. The second-order valence-corrected chi connectivity index (χ2v) is 5.36. The Kier molecular flexibility index (Phi) is 3.60. The van der Waals surface area contributed by atoms with Gasteiger partial charge in [0.2, 0.25) is 0 Å². The Morgan fingerprint density at radius 1 is 1.05 bits per heavy atom. The van der Waals surface area contributed by atoms with Gasteiger partial charge in [-0.05, 0) is 19.4 Å². The van der Waals surface area contributed by atoms with Crippen molar-refractivity contribution in [2.24, 2.45) is 0 Å². The lowest BCUT2D eigenvalue weighted by Crippen LogP contribution is -2.16. The van der Waals surface area contributed by atoms with E-state index in [0.717, 1.165) is 11.4 Å². The van der Waals surface area contributed by atoms with Gasteiger partial charge in [0, 0.05) is 18.2 Å².